The predicted octanol–water partition coefficient (Wildman–Crippen LogP) is 4.19. The Kier molecular flexibility index (Phi) is 16.2. The number of unbranched alkanes of at least 4 members (excludes halogenated alkanes) is 9. The minimum atomic E-state index is -1.91. The van der Waals surface area contributed by atoms with Crippen LogP contribution >= 0.6 is 0 Å². The second-order valence-electron chi connectivity index (χ2n) is 5.16. The largest absolute Gasteiger partial charge is 0.772 e. The van der Waals surface area contributed by atoms with Crippen LogP contribution in [0.5, 0.6) is 0 Å². The fourth-order valence-corrected chi connectivity index (χ4v) is 2.43. The molecule has 0 aromatic rings. The van der Waals surface area contributed by atoms with Crippen LogP contribution < -0.4 is 0 Å². The summed E-state index contributed by atoms with van der Waals surface area (Å²) in [5, 5.41) is 0. The van der Waals surface area contributed by atoms with Crippen molar-refractivity contribution in [2.24, 2.45) is 0 Å². The molecule has 0 aliphatic rings. The van der Waals surface area contributed by atoms with Crippen molar-refractivity contribution in [3.8, 4) is 0 Å². The molecule has 0 spiro atoms. The van der Waals surface area contributed by atoms with Crippen molar-refractivity contribution < 1.29 is 13.5 Å². The van der Waals surface area contributed by atoms with Crippen molar-refractivity contribution in [3.05, 3.63) is 0 Å². The first-order chi connectivity index (χ1) is 9.27. The van der Waals surface area contributed by atoms with Gasteiger partial charge in [-0.25, -0.2) is 0 Å². The van der Waals surface area contributed by atoms with Gasteiger partial charge >= 0.3 is 0 Å². The smallest absolute Gasteiger partial charge is 0.0474 e. The van der Waals surface area contributed by atoms with Crippen LogP contribution in [0.25, 0.3) is 0 Å². The average Bonchev–Trinajstić information content (AvgIpc) is 2.39. The van der Waals surface area contributed by atoms with Gasteiger partial charge in [0.15, 0.2) is 0 Å². The standard InChI is InChI=1S/C15H32O3S/c1-2-3-4-5-6-7-8-9-10-11-13-18-14-12-15-19(16)17/h2-15H2,1H3,(H,16,17)/p-1. The van der Waals surface area contributed by atoms with Crippen molar-refractivity contribution >= 4 is 11.1 Å². The Morgan fingerprint density at radius 3 is 1.79 bits per heavy atom. The maximum atomic E-state index is 10.3. The van der Waals surface area contributed by atoms with Gasteiger partial charge in [0.2, 0.25) is 0 Å². The highest BCUT2D eigenvalue weighted by molar-refractivity contribution is 7.79. The van der Waals surface area contributed by atoms with E-state index >= 15 is 0 Å². The highest BCUT2D eigenvalue weighted by Gasteiger charge is 1.93. The molecule has 0 rings (SSSR count). The van der Waals surface area contributed by atoms with Crippen molar-refractivity contribution in [1.29, 1.82) is 0 Å². The van der Waals surface area contributed by atoms with Gasteiger partial charge in [0, 0.05) is 19.0 Å². The molecule has 0 aromatic carbocycles. The minimum Gasteiger partial charge on any atom is -0.772 e. The van der Waals surface area contributed by atoms with Gasteiger partial charge in [-0.2, -0.15) is 0 Å². The third kappa shape index (κ3) is 18.1. The third-order valence-electron chi connectivity index (χ3n) is 3.24. The lowest BCUT2D eigenvalue weighted by molar-refractivity contribution is 0.130. The fourth-order valence-electron chi connectivity index (χ4n) is 2.07. The van der Waals surface area contributed by atoms with Crippen LogP contribution in [0.1, 0.15) is 77.6 Å². The average molecular weight is 291 g/mol. The second kappa shape index (κ2) is 16.1. The molecule has 0 heterocycles. The molecular weight excluding hydrogens is 260 g/mol. The van der Waals surface area contributed by atoms with Gasteiger partial charge in [-0.3, -0.25) is 4.21 Å². The Balaban J connectivity index is 2.93. The van der Waals surface area contributed by atoms with E-state index in [1.807, 2.05) is 0 Å². The van der Waals surface area contributed by atoms with E-state index in [-0.39, 0.29) is 5.75 Å². The maximum Gasteiger partial charge on any atom is 0.0474 e. The summed E-state index contributed by atoms with van der Waals surface area (Å²) in [7, 11) is 0. The van der Waals surface area contributed by atoms with Crippen LogP contribution in [-0.4, -0.2) is 27.7 Å². The molecule has 1 atom stereocenters. The lowest BCUT2D eigenvalue weighted by atomic mass is 10.1. The summed E-state index contributed by atoms with van der Waals surface area (Å²) in [5.74, 6) is 0.220. The highest BCUT2D eigenvalue weighted by Crippen LogP contribution is 2.10. The van der Waals surface area contributed by atoms with Crippen LogP contribution in [0.3, 0.4) is 0 Å². The van der Waals surface area contributed by atoms with Crippen LogP contribution in [-0.2, 0) is 15.8 Å². The zero-order valence-electron chi connectivity index (χ0n) is 12.5. The lowest BCUT2D eigenvalue weighted by Crippen LogP contribution is -2.02. The summed E-state index contributed by atoms with van der Waals surface area (Å²) in [6.45, 7) is 3.61. The van der Waals surface area contributed by atoms with Gasteiger partial charge in [-0.15, -0.1) is 0 Å². The fraction of sp³-hybridized carbons (Fsp3) is 1.00. The van der Waals surface area contributed by atoms with Crippen LogP contribution in [0.4, 0.5) is 0 Å². The molecule has 0 fully saturated rings. The quantitative estimate of drug-likeness (QED) is 0.336. The molecule has 0 radical (unpaired) electrons. The molecule has 0 aliphatic heterocycles. The molecule has 0 saturated heterocycles. The van der Waals surface area contributed by atoms with Crippen molar-refractivity contribution in [1.82, 2.24) is 0 Å². The number of rotatable bonds is 15. The maximum absolute atomic E-state index is 10.3. The first-order valence-electron chi connectivity index (χ1n) is 7.91. The molecule has 0 amide bonds. The number of ether oxygens (including phenoxy) is 1. The summed E-state index contributed by atoms with van der Waals surface area (Å²) in [4.78, 5) is 0. The molecule has 0 bridgehead atoms. The first kappa shape index (κ1) is 19.1. The monoisotopic (exact) mass is 291 g/mol. The zero-order chi connectivity index (χ0) is 14.2. The van der Waals surface area contributed by atoms with Gasteiger partial charge in [0.1, 0.15) is 0 Å². The van der Waals surface area contributed by atoms with E-state index < -0.39 is 11.1 Å². The van der Waals surface area contributed by atoms with Crippen molar-refractivity contribution in [2.75, 3.05) is 19.0 Å². The van der Waals surface area contributed by atoms with E-state index in [0.717, 1.165) is 13.0 Å². The Bertz CT molecular complexity index is 198. The summed E-state index contributed by atoms with van der Waals surface area (Å²) in [6.07, 6.45) is 13.9. The first-order valence-corrected chi connectivity index (χ1v) is 9.15. The van der Waals surface area contributed by atoms with Gasteiger partial charge in [0.25, 0.3) is 0 Å². The lowest BCUT2D eigenvalue weighted by Gasteiger charge is -2.06. The Hall–Kier alpha value is 0.0700. The molecule has 3 nitrogen and oxygen atoms in total. The third-order valence-corrected chi connectivity index (χ3v) is 3.86. The van der Waals surface area contributed by atoms with Gasteiger partial charge in [-0.1, -0.05) is 75.8 Å². The summed E-state index contributed by atoms with van der Waals surface area (Å²) in [6, 6.07) is 0. The second-order valence-corrected chi connectivity index (χ2v) is 6.17. The Morgan fingerprint density at radius 1 is 0.789 bits per heavy atom. The Morgan fingerprint density at radius 2 is 1.26 bits per heavy atom. The minimum absolute atomic E-state index is 0.220. The van der Waals surface area contributed by atoms with Crippen LogP contribution in [0, 0.1) is 0 Å². The van der Waals surface area contributed by atoms with Gasteiger partial charge in [-0.05, 0) is 12.8 Å². The molecule has 0 N–H and O–H groups in total. The number of hydrogen-bond acceptors (Lipinski definition) is 3. The number of hydrogen-bond donors (Lipinski definition) is 0. The molecule has 0 aromatic heterocycles. The van der Waals surface area contributed by atoms with Crippen LogP contribution in [0.15, 0.2) is 0 Å². The summed E-state index contributed by atoms with van der Waals surface area (Å²) >= 11 is -1.91. The van der Waals surface area contributed by atoms with Crippen molar-refractivity contribution in [3.63, 3.8) is 0 Å². The van der Waals surface area contributed by atoms with Gasteiger partial charge in [0.05, 0.1) is 0 Å². The van der Waals surface area contributed by atoms with Gasteiger partial charge < -0.3 is 9.29 Å². The molecule has 1 unspecified atom stereocenters. The van der Waals surface area contributed by atoms with E-state index in [1.54, 1.807) is 0 Å². The molecule has 116 valence electrons. The predicted molar refractivity (Wildman–Crippen MR) is 81.1 cm³/mol. The van der Waals surface area contributed by atoms with Crippen molar-refractivity contribution in [2.45, 2.75) is 77.6 Å². The SMILES string of the molecule is CCCCCCCCCCCCOCCCS(=O)[O-]. The highest BCUT2D eigenvalue weighted by atomic mass is 32.2. The van der Waals surface area contributed by atoms with E-state index in [1.165, 1.54) is 57.8 Å². The summed E-state index contributed by atoms with van der Waals surface area (Å²) in [5.41, 5.74) is 0. The molecular formula is C15H31O3S-. The normalized spacial score (nSPS) is 12.7. The Labute approximate surface area is 121 Å². The van der Waals surface area contributed by atoms with Crippen LogP contribution in [0.2, 0.25) is 0 Å². The molecule has 0 aliphatic carbocycles. The topological polar surface area (TPSA) is 49.4 Å². The van der Waals surface area contributed by atoms with E-state index in [4.69, 9.17) is 4.74 Å². The molecule has 19 heavy (non-hydrogen) atoms. The molecule has 0 saturated carbocycles. The zero-order valence-corrected chi connectivity index (χ0v) is 13.3. The van der Waals surface area contributed by atoms with E-state index in [2.05, 4.69) is 6.92 Å². The molecule has 4 heteroatoms. The van der Waals surface area contributed by atoms with E-state index in [0.29, 0.717) is 13.0 Å². The van der Waals surface area contributed by atoms with E-state index in [9.17, 15) is 8.76 Å². The summed E-state index contributed by atoms with van der Waals surface area (Å²) < 4.78 is 25.9.